The first-order chi connectivity index (χ1) is 7.16. The summed E-state index contributed by atoms with van der Waals surface area (Å²) in [6, 6.07) is 1.58. The summed E-state index contributed by atoms with van der Waals surface area (Å²) in [6.07, 6.45) is 3.06. The second-order valence-electron chi connectivity index (χ2n) is 3.44. The Labute approximate surface area is 89.7 Å². The van der Waals surface area contributed by atoms with Gasteiger partial charge in [0.1, 0.15) is 11.3 Å². The molecule has 0 spiro atoms. The van der Waals surface area contributed by atoms with Crippen LogP contribution in [0.4, 0.5) is 0 Å². The Bertz CT molecular complexity index is 341. The molecular formula is C11H16N2O2. The molecule has 0 radical (unpaired) electrons. The molecule has 0 amide bonds. The average molecular weight is 208 g/mol. The van der Waals surface area contributed by atoms with Crippen molar-refractivity contribution < 1.29 is 9.53 Å². The highest BCUT2D eigenvalue weighted by Gasteiger charge is 2.28. The zero-order valence-corrected chi connectivity index (χ0v) is 9.36. The fraction of sp³-hybridized carbons (Fsp3) is 0.545. The van der Waals surface area contributed by atoms with E-state index in [4.69, 9.17) is 4.74 Å². The van der Waals surface area contributed by atoms with Crippen LogP contribution in [-0.4, -0.2) is 22.9 Å². The lowest BCUT2D eigenvalue weighted by Gasteiger charge is -2.26. The molecule has 4 nitrogen and oxygen atoms in total. The summed E-state index contributed by atoms with van der Waals surface area (Å²) in [5, 5.41) is 0. The monoisotopic (exact) mass is 208 g/mol. The molecule has 0 aliphatic heterocycles. The Morgan fingerprint density at radius 1 is 1.53 bits per heavy atom. The average Bonchev–Trinajstić information content (AvgIpc) is 2.29. The Morgan fingerprint density at radius 2 is 2.27 bits per heavy atom. The molecule has 0 bridgehead atoms. The smallest absolute Gasteiger partial charge is 0.168 e. The summed E-state index contributed by atoms with van der Waals surface area (Å²) in [6.45, 7) is 6.46. The van der Waals surface area contributed by atoms with Crippen molar-refractivity contribution in [3.05, 3.63) is 23.8 Å². The van der Waals surface area contributed by atoms with E-state index in [0.29, 0.717) is 24.4 Å². The largest absolute Gasteiger partial charge is 0.368 e. The van der Waals surface area contributed by atoms with Gasteiger partial charge in [-0.3, -0.25) is 4.79 Å². The van der Waals surface area contributed by atoms with E-state index in [0.717, 1.165) is 6.42 Å². The van der Waals surface area contributed by atoms with Crippen LogP contribution in [0.15, 0.2) is 12.3 Å². The Kier molecular flexibility index (Phi) is 3.91. The summed E-state index contributed by atoms with van der Waals surface area (Å²) >= 11 is 0. The van der Waals surface area contributed by atoms with Crippen LogP contribution in [0.25, 0.3) is 0 Å². The Balaban J connectivity index is 3.05. The molecule has 4 heteroatoms. The number of hydrogen-bond donors (Lipinski definition) is 0. The fourth-order valence-corrected chi connectivity index (χ4v) is 1.34. The van der Waals surface area contributed by atoms with E-state index in [1.165, 1.54) is 0 Å². The second kappa shape index (κ2) is 4.98. The van der Waals surface area contributed by atoms with E-state index in [-0.39, 0.29) is 0 Å². The zero-order chi connectivity index (χ0) is 11.3. The van der Waals surface area contributed by atoms with Gasteiger partial charge in [0.25, 0.3) is 0 Å². The standard InChI is InChI=1S/C11H16N2O2/c1-4-11(3,15-5-2)10-12-7-6-9(8-14)13-10/h6-8H,4-5H2,1-3H3. The molecule has 1 aromatic rings. The SMILES string of the molecule is CCOC(C)(CC)c1nccc(C=O)n1. The minimum absolute atomic E-state index is 0.388. The van der Waals surface area contributed by atoms with Crippen LogP contribution in [0, 0.1) is 0 Å². The highest BCUT2D eigenvalue weighted by atomic mass is 16.5. The number of aldehydes is 1. The quantitative estimate of drug-likeness (QED) is 0.694. The molecule has 82 valence electrons. The number of carbonyl (C=O) groups is 1. The molecule has 0 aromatic carbocycles. The molecule has 0 saturated heterocycles. The van der Waals surface area contributed by atoms with Gasteiger partial charge in [-0.1, -0.05) is 6.92 Å². The molecule has 0 N–H and O–H groups in total. The van der Waals surface area contributed by atoms with Gasteiger partial charge in [-0.2, -0.15) is 0 Å². The van der Waals surface area contributed by atoms with Crippen molar-refractivity contribution >= 4 is 6.29 Å². The normalized spacial score (nSPS) is 14.6. The van der Waals surface area contributed by atoms with Crippen LogP contribution < -0.4 is 0 Å². The molecule has 1 rings (SSSR count). The van der Waals surface area contributed by atoms with Gasteiger partial charge in [-0.15, -0.1) is 0 Å². The van der Waals surface area contributed by atoms with Gasteiger partial charge < -0.3 is 4.74 Å². The molecule has 1 unspecified atom stereocenters. The van der Waals surface area contributed by atoms with Gasteiger partial charge in [0, 0.05) is 12.8 Å². The minimum Gasteiger partial charge on any atom is -0.368 e. The van der Waals surface area contributed by atoms with Crippen LogP contribution in [-0.2, 0) is 10.3 Å². The lowest BCUT2D eigenvalue weighted by atomic mass is 10.0. The van der Waals surface area contributed by atoms with Gasteiger partial charge in [0.15, 0.2) is 12.1 Å². The van der Waals surface area contributed by atoms with E-state index in [2.05, 4.69) is 9.97 Å². The third-order valence-electron chi connectivity index (χ3n) is 2.41. The van der Waals surface area contributed by atoms with Gasteiger partial charge in [-0.25, -0.2) is 9.97 Å². The first-order valence-electron chi connectivity index (χ1n) is 5.09. The highest BCUT2D eigenvalue weighted by Crippen LogP contribution is 2.25. The van der Waals surface area contributed by atoms with E-state index in [1.54, 1.807) is 12.3 Å². The van der Waals surface area contributed by atoms with Crippen molar-refractivity contribution in [1.29, 1.82) is 0 Å². The second-order valence-corrected chi connectivity index (χ2v) is 3.44. The number of hydrogen-bond acceptors (Lipinski definition) is 4. The lowest BCUT2D eigenvalue weighted by Crippen LogP contribution is -2.28. The molecule has 0 fully saturated rings. The van der Waals surface area contributed by atoms with Crippen LogP contribution in [0.1, 0.15) is 43.5 Å². The van der Waals surface area contributed by atoms with Crippen LogP contribution >= 0.6 is 0 Å². The topological polar surface area (TPSA) is 52.1 Å². The van der Waals surface area contributed by atoms with Gasteiger partial charge >= 0.3 is 0 Å². The summed E-state index contributed by atoms with van der Waals surface area (Å²) in [5.41, 5.74) is -0.118. The van der Waals surface area contributed by atoms with Crippen molar-refractivity contribution in [2.24, 2.45) is 0 Å². The molecule has 0 aliphatic carbocycles. The zero-order valence-electron chi connectivity index (χ0n) is 9.36. The molecular weight excluding hydrogens is 192 g/mol. The number of carbonyl (C=O) groups excluding carboxylic acids is 1. The fourth-order valence-electron chi connectivity index (χ4n) is 1.34. The van der Waals surface area contributed by atoms with Crippen molar-refractivity contribution in [3.8, 4) is 0 Å². The van der Waals surface area contributed by atoms with Crippen LogP contribution in [0.5, 0.6) is 0 Å². The molecule has 1 aromatic heterocycles. The van der Waals surface area contributed by atoms with E-state index >= 15 is 0 Å². The Morgan fingerprint density at radius 3 is 2.80 bits per heavy atom. The summed E-state index contributed by atoms with van der Waals surface area (Å²) in [5.74, 6) is 0.566. The summed E-state index contributed by atoms with van der Waals surface area (Å²) in [4.78, 5) is 18.9. The van der Waals surface area contributed by atoms with Crippen molar-refractivity contribution in [3.63, 3.8) is 0 Å². The molecule has 15 heavy (non-hydrogen) atoms. The minimum atomic E-state index is -0.506. The molecule has 0 saturated carbocycles. The van der Waals surface area contributed by atoms with E-state index in [9.17, 15) is 4.79 Å². The number of ether oxygens (including phenoxy) is 1. The van der Waals surface area contributed by atoms with Crippen LogP contribution in [0.2, 0.25) is 0 Å². The molecule has 1 atom stereocenters. The highest BCUT2D eigenvalue weighted by molar-refractivity contribution is 5.71. The van der Waals surface area contributed by atoms with Crippen molar-refractivity contribution in [2.75, 3.05) is 6.61 Å². The maximum atomic E-state index is 10.6. The van der Waals surface area contributed by atoms with Gasteiger partial charge in [0.2, 0.25) is 0 Å². The van der Waals surface area contributed by atoms with Gasteiger partial charge in [-0.05, 0) is 26.3 Å². The van der Waals surface area contributed by atoms with Crippen LogP contribution in [0.3, 0.4) is 0 Å². The maximum Gasteiger partial charge on any atom is 0.168 e. The first-order valence-corrected chi connectivity index (χ1v) is 5.09. The summed E-state index contributed by atoms with van der Waals surface area (Å²) in [7, 11) is 0. The summed E-state index contributed by atoms with van der Waals surface area (Å²) < 4.78 is 5.62. The predicted molar refractivity (Wildman–Crippen MR) is 56.7 cm³/mol. The number of nitrogens with zero attached hydrogens (tertiary/aromatic N) is 2. The lowest BCUT2D eigenvalue weighted by molar-refractivity contribution is -0.0391. The van der Waals surface area contributed by atoms with Crippen molar-refractivity contribution in [1.82, 2.24) is 9.97 Å². The predicted octanol–water partition coefficient (Wildman–Crippen LogP) is 1.95. The number of rotatable bonds is 5. The number of aromatic nitrogens is 2. The van der Waals surface area contributed by atoms with Crippen molar-refractivity contribution in [2.45, 2.75) is 32.8 Å². The third kappa shape index (κ3) is 2.59. The Hall–Kier alpha value is -1.29. The van der Waals surface area contributed by atoms with E-state index in [1.807, 2.05) is 20.8 Å². The maximum absolute atomic E-state index is 10.6. The molecule has 0 aliphatic rings. The van der Waals surface area contributed by atoms with Gasteiger partial charge in [0.05, 0.1) is 0 Å². The van der Waals surface area contributed by atoms with E-state index < -0.39 is 5.60 Å². The first kappa shape index (κ1) is 11.8. The molecule has 1 heterocycles. The third-order valence-corrected chi connectivity index (χ3v) is 2.41.